The summed E-state index contributed by atoms with van der Waals surface area (Å²) in [5, 5.41) is 6.51. The second kappa shape index (κ2) is 10.9. The third-order valence-corrected chi connectivity index (χ3v) is 3.96. The Bertz CT molecular complexity index is 663. The lowest BCUT2D eigenvalue weighted by atomic mass is 10.2. The van der Waals surface area contributed by atoms with Crippen LogP contribution in [0.4, 0.5) is 10.1 Å². The monoisotopic (exact) mass is 456 g/mol. The van der Waals surface area contributed by atoms with Crippen molar-refractivity contribution in [2.24, 2.45) is 4.99 Å². The number of aliphatic imine (C=N–C) groups is 1. The number of anilines is 1. The van der Waals surface area contributed by atoms with E-state index in [1.54, 1.807) is 13.1 Å². The Morgan fingerprint density at radius 1 is 1.12 bits per heavy atom. The molecule has 0 heterocycles. The average Bonchev–Trinajstić information content (AvgIpc) is 2.61. The highest BCUT2D eigenvalue weighted by Gasteiger charge is 2.10. The Balaban J connectivity index is 0.00000312. The van der Waals surface area contributed by atoms with E-state index < -0.39 is 0 Å². The molecule has 0 aliphatic carbocycles. The second-order valence-electron chi connectivity index (χ2n) is 5.73. The molecule has 0 saturated heterocycles. The quantitative estimate of drug-likeness (QED) is 0.396. The number of para-hydroxylation sites is 1. The summed E-state index contributed by atoms with van der Waals surface area (Å²) in [5.41, 5.74) is 2.06. The van der Waals surface area contributed by atoms with Gasteiger partial charge >= 0.3 is 0 Å². The van der Waals surface area contributed by atoms with Crippen LogP contribution >= 0.6 is 24.0 Å². The molecule has 2 N–H and O–H groups in total. The number of hydrogen-bond acceptors (Lipinski definition) is 2. The molecule has 2 aromatic carbocycles. The molecule has 1 unspecified atom stereocenters. The summed E-state index contributed by atoms with van der Waals surface area (Å²) < 4.78 is 13.2. The van der Waals surface area contributed by atoms with Crippen LogP contribution in [-0.4, -0.2) is 32.6 Å². The van der Waals surface area contributed by atoms with Crippen molar-refractivity contribution in [2.75, 3.05) is 25.5 Å². The second-order valence-corrected chi connectivity index (χ2v) is 5.73. The number of rotatable bonds is 6. The number of guanidine groups is 1. The molecule has 6 heteroatoms. The summed E-state index contributed by atoms with van der Waals surface area (Å²) in [6.07, 6.45) is 0. The van der Waals surface area contributed by atoms with Crippen LogP contribution < -0.4 is 15.5 Å². The minimum atomic E-state index is -0.227. The molecule has 4 nitrogen and oxygen atoms in total. The van der Waals surface area contributed by atoms with Gasteiger partial charge in [-0.3, -0.25) is 4.99 Å². The molecule has 136 valence electrons. The van der Waals surface area contributed by atoms with Gasteiger partial charge in [-0.25, -0.2) is 4.39 Å². The van der Waals surface area contributed by atoms with E-state index in [2.05, 4.69) is 46.6 Å². The van der Waals surface area contributed by atoms with Gasteiger partial charge in [-0.2, -0.15) is 0 Å². The molecule has 0 aliphatic heterocycles. The van der Waals surface area contributed by atoms with E-state index in [0.717, 1.165) is 12.1 Å². The minimum Gasteiger partial charge on any atom is -0.370 e. The van der Waals surface area contributed by atoms with E-state index in [0.29, 0.717) is 18.5 Å². The average molecular weight is 456 g/mol. The highest BCUT2D eigenvalue weighted by Crippen LogP contribution is 2.13. The van der Waals surface area contributed by atoms with Crippen molar-refractivity contribution >= 4 is 35.6 Å². The van der Waals surface area contributed by atoms with E-state index in [1.165, 1.54) is 17.8 Å². The van der Waals surface area contributed by atoms with Crippen LogP contribution in [0.1, 0.15) is 12.5 Å². The molecule has 0 fully saturated rings. The number of nitrogens with zero attached hydrogens (tertiary/aromatic N) is 2. The largest absolute Gasteiger partial charge is 0.370 e. The molecule has 2 aromatic rings. The number of nitrogens with one attached hydrogen (secondary N) is 2. The van der Waals surface area contributed by atoms with Crippen LogP contribution in [0.25, 0.3) is 0 Å². The van der Waals surface area contributed by atoms with E-state index >= 15 is 0 Å². The first kappa shape index (κ1) is 21.2. The Kier molecular flexibility index (Phi) is 9.26. The Hall–Kier alpha value is -1.83. The molecule has 0 saturated carbocycles. The summed E-state index contributed by atoms with van der Waals surface area (Å²) in [6, 6.07) is 17.1. The maximum Gasteiger partial charge on any atom is 0.191 e. The molecule has 0 spiro atoms. The zero-order valence-electron chi connectivity index (χ0n) is 14.9. The zero-order chi connectivity index (χ0) is 17.4. The zero-order valence-corrected chi connectivity index (χ0v) is 17.2. The van der Waals surface area contributed by atoms with Gasteiger partial charge in [0.05, 0.1) is 0 Å². The lowest BCUT2D eigenvalue weighted by Gasteiger charge is -2.27. The van der Waals surface area contributed by atoms with Gasteiger partial charge in [0.2, 0.25) is 0 Å². The highest BCUT2D eigenvalue weighted by atomic mass is 127. The maximum absolute atomic E-state index is 13.2. The number of benzene rings is 2. The van der Waals surface area contributed by atoms with Crippen LogP contribution in [0.15, 0.2) is 59.6 Å². The molecule has 2 rings (SSSR count). The van der Waals surface area contributed by atoms with Gasteiger partial charge < -0.3 is 15.5 Å². The van der Waals surface area contributed by atoms with E-state index in [-0.39, 0.29) is 29.8 Å². The lowest BCUT2D eigenvalue weighted by molar-refractivity contribution is 0.623. The number of halogens is 2. The van der Waals surface area contributed by atoms with Crippen molar-refractivity contribution in [2.45, 2.75) is 19.5 Å². The van der Waals surface area contributed by atoms with Gasteiger partial charge in [-0.1, -0.05) is 30.3 Å². The highest BCUT2D eigenvalue weighted by molar-refractivity contribution is 14.0. The van der Waals surface area contributed by atoms with Gasteiger partial charge in [0, 0.05) is 38.9 Å². The van der Waals surface area contributed by atoms with Crippen LogP contribution in [0.5, 0.6) is 0 Å². The first-order valence-electron chi connectivity index (χ1n) is 8.07. The summed E-state index contributed by atoms with van der Waals surface area (Å²) >= 11 is 0. The molecule has 0 bridgehead atoms. The molecule has 0 aromatic heterocycles. The fraction of sp³-hybridized carbons (Fsp3) is 0.316. The predicted octanol–water partition coefficient (Wildman–Crippen LogP) is 3.63. The summed E-state index contributed by atoms with van der Waals surface area (Å²) in [4.78, 5) is 6.43. The van der Waals surface area contributed by atoms with Gasteiger partial charge in [-0.05, 0) is 36.8 Å². The first-order valence-corrected chi connectivity index (χ1v) is 8.07. The van der Waals surface area contributed by atoms with Crippen LogP contribution in [0, 0.1) is 5.82 Å². The van der Waals surface area contributed by atoms with Gasteiger partial charge in [0.15, 0.2) is 5.96 Å². The maximum atomic E-state index is 13.2. The SMILES string of the molecule is CN=C(NCc1cccc(F)c1)NCC(C)N(C)c1ccccc1.I. The topological polar surface area (TPSA) is 39.7 Å². The van der Waals surface area contributed by atoms with E-state index in [1.807, 2.05) is 24.3 Å². The van der Waals surface area contributed by atoms with Crippen LogP contribution in [-0.2, 0) is 6.54 Å². The lowest BCUT2D eigenvalue weighted by Crippen LogP contribution is -2.44. The number of hydrogen-bond donors (Lipinski definition) is 2. The summed E-state index contributed by atoms with van der Waals surface area (Å²) in [6.45, 7) is 3.43. The molecule has 0 aliphatic rings. The summed E-state index contributed by atoms with van der Waals surface area (Å²) in [7, 11) is 3.80. The van der Waals surface area contributed by atoms with Crippen LogP contribution in [0.2, 0.25) is 0 Å². The van der Waals surface area contributed by atoms with Crippen molar-refractivity contribution in [1.29, 1.82) is 0 Å². The van der Waals surface area contributed by atoms with E-state index in [4.69, 9.17) is 0 Å². The molecule has 1 atom stereocenters. The van der Waals surface area contributed by atoms with Crippen molar-refractivity contribution in [3.05, 3.63) is 66.0 Å². The normalized spacial score (nSPS) is 12.1. The van der Waals surface area contributed by atoms with Crippen molar-refractivity contribution in [1.82, 2.24) is 10.6 Å². The smallest absolute Gasteiger partial charge is 0.191 e. The molecular weight excluding hydrogens is 430 g/mol. The third kappa shape index (κ3) is 6.89. The van der Waals surface area contributed by atoms with Gasteiger partial charge in [0.1, 0.15) is 5.82 Å². The van der Waals surface area contributed by atoms with Gasteiger partial charge in [-0.15, -0.1) is 24.0 Å². The minimum absolute atomic E-state index is 0. The fourth-order valence-corrected chi connectivity index (χ4v) is 2.35. The van der Waals surface area contributed by atoms with Crippen LogP contribution in [0.3, 0.4) is 0 Å². The third-order valence-electron chi connectivity index (χ3n) is 3.96. The first-order chi connectivity index (χ1) is 11.6. The predicted molar refractivity (Wildman–Crippen MR) is 114 cm³/mol. The standard InChI is InChI=1S/C19H25FN4.HI/c1-15(24(3)18-10-5-4-6-11-18)13-22-19(21-2)23-14-16-8-7-9-17(20)12-16;/h4-12,15H,13-14H2,1-3H3,(H2,21,22,23);1H. The van der Waals surface area contributed by atoms with Crippen molar-refractivity contribution in [3.63, 3.8) is 0 Å². The Morgan fingerprint density at radius 2 is 1.84 bits per heavy atom. The van der Waals surface area contributed by atoms with Crippen molar-refractivity contribution < 1.29 is 4.39 Å². The molecule has 0 amide bonds. The fourth-order valence-electron chi connectivity index (χ4n) is 2.35. The summed E-state index contributed by atoms with van der Waals surface area (Å²) in [5.74, 6) is 0.475. The molecule has 25 heavy (non-hydrogen) atoms. The van der Waals surface area contributed by atoms with Crippen molar-refractivity contribution in [3.8, 4) is 0 Å². The molecular formula is C19H26FIN4. The Morgan fingerprint density at radius 3 is 2.48 bits per heavy atom. The Labute approximate surface area is 166 Å². The van der Waals surface area contributed by atoms with Gasteiger partial charge in [0.25, 0.3) is 0 Å². The molecule has 0 radical (unpaired) electrons. The number of likely N-dealkylation sites (N-methyl/N-ethyl adjacent to an activating group) is 1. The van der Waals surface area contributed by atoms with E-state index in [9.17, 15) is 4.39 Å².